The van der Waals surface area contributed by atoms with Gasteiger partial charge >= 0.3 is 0 Å². The molecule has 1 aromatic carbocycles. The van der Waals surface area contributed by atoms with Gasteiger partial charge < -0.3 is 5.73 Å². The van der Waals surface area contributed by atoms with Crippen LogP contribution >= 0.6 is 0 Å². The second-order valence-electron chi connectivity index (χ2n) is 2.90. The predicted octanol–water partition coefficient (Wildman–Crippen LogP) is 1.25. The summed E-state index contributed by atoms with van der Waals surface area (Å²) in [6, 6.07) is 5.89. The zero-order valence-corrected chi connectivity index (χ0v) is 8.92. The smallest absolute Gasteiger partial charge is 0.261 e. The van der Waals surface area contributed by atoms with Crippen molar-refractivity contribution in [1.82, 2.24) is 4.72 Å². The number of sulfonamides is 1. The van der Waals surface area contributed by atoms with E-state index in [2.05, 4.69) is 17.9 Å². The molecule has 5 heteroatoms. The number of benzene rings is 1. The molecule has 15 heavy (non-hydrogen) atoms. The SMILES string of the molecule is C=CC(=C)NS(=O)(=O)c1ccc(N)cc1. The van der Waals surface area contributed by atoms with Gasteiger partial charge in [-0.05, 0) is 30.3 Å². The highest BCUT2D eigenvalue weighted by Crippen LogP contribution is 2.12. The van der Waals surface area contributed by atoms with Crippen molar-refractivity contribution in [2.45, 2.75) is 4.90 Å². The number of nitrogen functional groups attached to an aromatic ring is 1. The van der Waals surface area contributed by atoms with Crippen LogP contribution in [0.5, 0.6) is 0 Å². The third-order valence-electron chi connectivity index (χ3n) is 1.70. The van der Waals surface area contributed by atoms with Crippen LogP contribution in [-0.2, 0) is 10.0 Å². The highest BCUT2D eigenvalue weighted by Gasteiger charge is 2.12. The average Bonchev–Trinajstić information content (AvgIpc) is 2.17. The lowest BCUT2D eigenvalue weighted by Gasteiger charge is -2.07. The van der Waals surface area contributed by atoms with E-state index in [9.17, 15) is 8.42 Å². The molecular weight excluding hydrogens is 212 g/mol. The van der Waals surface area contributed by atoms with Crippen LogP contribution in [-0.4, -0.2) is 8.42 Å². The van der Waals surface area contributed by atoms with Gasteiger partial charge in [-0.25, -0.2) is 8.42 Å². The summed E-state index contributed by atoms with van der Waals surface area (Å²) in [5.41, 5.74) is 6.19. The highest BCUT2D eigenvalue weighted by atomic mass is 32.2. The molecule has 4 nitrogen and oxygen atoms in total. The first kappa shape index (κ1) is 11.3. The van der Waals surface area contributed by atoms with Crippen LogP contribution in [0.1, 0.15) is 0 Å². The van der Waals surface area contributed by atoms with Gasteiger partial charge in [0.15, 0.2) is 0 Å². The maximum absolute atomic E-state index is 11.7. The highest BCUT2D eigenvalue weighted by molar-refractivity contribution is 7.89. The molecule has 80 valence electrons. The molecule has 0 aliphatic rings. The van der Waals surface area contributed by atoms with Crippen LogP contribution in [0.25, 0.3) is 0 Å². The molecule has 0 atom stereocenters. The van der Waals surface area contributed by atoms with Crippen molar-refractivity contribution < 1.29 is 8.42 Å². The van der Waals surface area contributed by atoms with E-state index in [0.717, 1.165) is 0 Å². The zero-order chi connectivity index (χ0) is 11.5. The van der Waals surface area contributed by atoms with E-state index >= 15 is 0 Å². The van der Waals surface area contributed by atoms with Crippen LogP contribution in [0.2, 0.25) is 0 Å². The minimum absolute atomic E-state index is 0.139. The number of allylic oxidation sites excluding steroid dienone is 1. The number of nitrogens with one attached hydrogen (secondary N) is 1. The number of hydrogen-bond donors (Lipinski definition) is 2. The molecule has 1 rings (SSSR count). The molecule has 0 unspecified atom stereocenters. The number of rotatable bonds is 4. The molecule has 0 fully saturated rings. The van der Waals surface area contributed by atoms with E-state index in [1.807, 2.05) is 0 Å². The van der Waals surface area contributed by atoms with Crippen molar-refractivity contribution >= 4 is 15.7 Å². The fourth-order valence-electron chi connectivity index (χ4n) is 0.920. The summed E-state index contributed by atoms with van der Waals surface area (Å²) in [6.45, 7) is 6.87. The van der Waals surface area contributed by atoms with Gasteiger partial charge in [0.1, 0.15) is 0 Å². The fourth-order valence-corrected chi connectivity index (χ4v) is 1.96. The maximum Gasteiger partial charge on any atom is 0.261 e. The van der Waals surface area contributed by atoms with Crippen LogP contribution in [0.4, 0.5) is 5.69 Å². The van der Waals surface area contributed by atoms with E-state index in [-0.39, 0.29) is 10.6 Å². The van der Waals surface area contributed by atoms with Crippen molar-refractivity contribution in [1.29, 1.82) is 0 Å². The summed E-state index contributed by atoms with van der Waals surface area (Å²) >= 11 is 0. The van der Waals surface area contributed by atoms with Crippen molar-refractivity contribution in [3.05, 3.63) is 49.2 Å². The molecule has 0 radical (unpaired) electrons. The summed E-state index contributed by atoms with van der Waals surface area (Å²) in [5, 5.41) is 0. The van der Waals surface area contributed by atoms with Crippen molar-refractivity contribution in [2.75, 3.05) is 5.73 Å². The van der Waals surface area contributed by atoms with Gasteiger partial charge in [-0.15, -0.1) is 0 Å². The van der Waals surface area contributed by atoms with Gasteiger partial charge in [0, 0.05) is 11.4 Å². The Morgan fingerprint density at radius 2 is 1.87 bits per heavy atom. The topological polar surface area (TPSA) is 72.2 Å². The normalized spacial score (nSPS) is 10.7. The molecule has 0 aliphatic heterocycles. The van der Waals surface area contributed by atoms with Crippen LogP contribution in [0.15, 0.2) is 54.1 Å². The Bertz CT molecular complexity index is 475. The molecule has 0 heterocycles. The molecule has 0 spiro atoms. The lowest BCUT2D eigenvalue weighted by atomic mass is 10.3. The van der Waals surface area contributed by atoms with Gasteiger partial charge in [-0.2, -0.15) is 0 Å². The average molecular weight is 224 g/mol. The maximum atomic E-state index is 11.7. The van der Waals surface area contributed by atoms with Gasteiger partial charge in [0.25, 0.3) is 10.0 Å². The zero-order valence-electron chi connectivity index (χ0n) is 8.10. The standard InChI is InChI=1S/C10H12N2O2S/c1-3-8(2)12-15(13,14)10-6-4-9(11)5-7-10/h3-7,12H,1-2,11H2. The van der Waals surface area contributed by atoms with Crippen LogP contribution in [0.3, 0.4) is 0 Å². The minimum atomic E-state index is -3.56. The molecule has 0 bridgehead atoms. The Balaban J connectivity index is 3.01. The lowest BCUT2D eigenvalue weighted by Crippen LogP contribution is -2.21. The van der Waals surface area contributed by atoms with Gasteiger partial charge in [-0.3, -0.25) is 4.72 Å². The second-order valence-corrected chi connectivity index (χ2v) is 4.59. The Labute approximate surface area is 89.2 Å². The second kappa shape index (κ2) is 4.18. The summed E-state index contributed by atoms with van der Waals surface area (Å²) in [7, 11) is -3.56. The number of nitrogens with two attached hydrogens (primary N) is 1. The third-order valence-corrected chi connectivity index (χ3v) is 3.13. The molecular formula is C10H12N2O2S. The number of hydrogen-bond acceptors (Lipinski definition) is 3. The minimum Gasteiger partial charge on any atom is -0.399 e. The first-order valence-electron chi connectivity index (χ1n) is 4.15. The Morgan fingerprint density at radius 3 is 2.33 bits per heavy atom. The molecule has 0 amide bonds. The van der Waals surface area contributed by atoms with E-state index in [1.54, 1.807) is 0 Å². The van der Waals surface area contributed by atoms with Crippen LogP contribution < -0.4 is 10.5 Å². The molecule has 1 aromatic rings. The Kier molecular flexibility index (Phi) is 3.16. The van der Waals surface area contributed by atoms with E-state index in [4.69, 9.17) is 5.73 Å². The van der Waals surface area contributed by atoms with Crippen LogP contribution in [0, 0.1) is 0 Å². The predicted molar refractivity (Wildman–Crippen MR) is 60.5 cm³/mol. The first-order valence-corrected chi connectivity index (χ1v) is 5.64. The van der Waals surface area contributed by atoms with Gasteiger partial charge in [-0.1, -0.05) is 13.2 Å². The van der Waals surface area contributed by atoms with Crippen molar-refractivity contribution in [3.8, 4) is 0 Å². The van der Waals surface area contributed by atoms with E-state index in [1.165, 1.54) is 30.3 Å². The van der Waals surface area contributed by atoms with Crippen molar-refractivity contribution in [3.63, 3.8) is 0 Å². The summed E-state index contributed by atoms with van der Waals surface area (Å²) < 4.78 is 25.6. The summed E-state index contributed by atoms with van der Waals surface area (Å²) in [6.07, 6.45) is 1.33. The summed E-state index contributed by atoms with van der Waals surface area (Å²) in [4.78, 5) is 0.139. The molecule has 0 aromatic heterocycles. The van der Waals surface area contributed by atoms with E-state index < -0.39 is 10.0 Å². The van der Waals surface area contributed by atoms with Crippen molar-refractivity contribution in [2.24, 2.45) is 0 Å². The largest absolute Gasteiger partial charge is 0.399 e. The number of anilines is 1. The Hall–Kier alpha value is -1.75. The van der Waals surface area contributed by atoms with Gasteiger partial charge in [0.2, 0.25) is 0 Å². The fraction of sp³-hybridized carbons (Fsp3) is 0. The molecule has 3 N–H and O–H groups in total. The summed E-state index contributed by atoms with van der Waals surface area (Å²) in [5.74, 6) is 0. The van der Waals surface area contributed by atoms with Gasteiger partial charge in [0.05, 0.1) is 4.90 Å². The molecule has 0 saturated carbocycles. The monoisotopic (exact) mass is 224 g/mol. The lowest BCUT2D eigenvalue weighted by molar-refractivity contribution is 0.589. The molecule has 0 aliphatic carbocycles. The third kappa shape index (κ3) is 2.85. The molecule has 0 saturated heterocycles. The van der Waals surface area contributed by atoms with E-state index in [0.29, 0.717) is 5.69 Å². The quantitative estimate of drug-likeness (QED) is 0.597. The first-order chi connectivity index (χ1) is 6.95. The Morgan fingerprint density at radius 1 is 1.33 bits per heavy atom.